The summed E-state index contributed by atoms with van der Waals surface area (Å²) in [4.78, 5) is 27.9. The van der Waals surface area contributed by atoms with Crippen molar-refractivity contribution < 1.29 is 19.1 Å². The number of hydrogen-bond donors (Lipinski definition) is 2. The predicted octanol–water partition coefficient (Wildman–Crippen LogP) is 3.65. The number of ketones is 1. The van der Waals surface area contributed by atoms with Gasteiger partial charge in [-0.15, -0.1) is 0 Å². The topological polar surface area (TPSA) is 80.4 Å². The van der Waals surface area contributed by atoms with E-state index >= 15 is 0 Å². The zero-order valence-corrected chi connectivity index (χ0v) is 15.5. The number of aromatic amines is 1. The maximum Gasteiger partial charge on any atom is 0.272 e. The van der Waals surface area contributed by atoms with E-state index in [4.69, 9.17) is 9.47 Å². The fourth-order valence-electron chi connectivity index (χ4n) is 3.79. The summed E-state index contributed by atoms with van der Waals surface area (Å²) in [6.07, 6.45) is 4.50. The number of benzene rings is 1. The molecule has 6 nitrogen and oxygen atoms in total. The van der Waals surface area contributed by atoms with E-state index in [1.807, 2.05) is 31.2 Å². The number of ether oxygens (including phenoxy) is 2. The van der Waals surface area contributed by atoms with Crippen molar-refractivity contribution in [2.24, 2.45) is 0 Å². The van der Waals surface area contributed by atoms with Gasteiger partial charge in [-0.1, -0.05) is 0 Å². The number of aromatic nitrogens is 1. The SMILES string of the molecule is Cc1c(C(=O)Nc2ccc(OC[C@@H]3CCCO3)cc2)[nH]c2c1C(=O)CCC2. The molecule has 27 heavy (non-hydrogen) atoms. The number of fused-ring (bicyclic) bond motifs is 1. The molecule has 0 spiro atoms. The van der Waals surface area contributed by atoms with Crippen LogP contribution in [0.25, 0.3) is 0 Å². The molecule has 2 N–H and O–H groups in total. The van der Waals surface area contributed by atoms with Gasteiger partial charge in [0.05, 0.1) is 6.10 Å². The Morgan fingerprint density at radius 2 is 2.07 bits per heavy atom. The molecule has 0 saturated carbocycles. The third kappa shape index (κ3) is 3.76. The second-order valence-corrected chi connectivity index (χ2v) is 7.18. The van der Waals surface area contributed by atoms with Crippen LogP contribution in [0.5, 0.6) is 5.75 Å². The Hall–Kier alpha value is -2.60. The van der Waals surface area contributed by atoms with Crippen LogP contribution < -0.4 is 10.1 Å². The molecule has 2 aliphatic rings. The van der Waals surface area contributed by atoms with Gasteiger partial charge in [-0.3, -0.25) is 9.59 Å². The second kappa shape index (κ2) is 7.56. The van der Waals surface area contributed by atoms with Gasteiger partial charge in [0, 0.05) is 30.0 Å². The van der Waals surface area contributed by atoms with E-state index in [-0.39, 0.29) is 17.8 Å². The number of anilines is 1. The number of carbonyl (C=O) groups excluding carboxylic acids is 2. The summed E-state index contributed by atoms with van der Waals surface area (Å²) in [5.41, 5.74) is 3.47. The van der Waals surface area contributed by atoms with E-state index in [1.165, 1.54) is 0 Å². The maximum atomic E-state index is 12.6. The summed E-state index contributed by atoms with van der Waals surface area (Å²) in [6.45, 7) is 3.19. The summed E-state index contributed by atoms with van der Waals surface area (Å²) in [5, 5.41) is 2.89. The first-order chi connectivity index (χ1) is 13.1. The summed E-state index contributed by atoms with van der Waals surface area (Å²) >= 11 is 0. The van der Waals surface area contributed by atoms with Crippen LogP contribution in [0.2, 0.25) is 0 Å². The van der Waals surface area contributed by atoms with E-state index in [1.54, 1.807) is 0 Å². The van der Waals surface area contributed by atoms with Crippen molar-refractivity contribution in [2.75, 3.05) is 18.5 Å². The molecule has 0 bridgehead atoms. The smallest absolute Gasteiger partial charge is 0.272 e. The Labute approximate surface area is 158 Å². The Morgan fingerprint density at radius 1 is 1.26 bits per heavy atom. The zero-order chi connectivity index (χ0) is 18.8. The zero-order valence-electron chi connectivity index (χ0n) is 15.5. The fourth-order valence-corrected chi connectivity index (χ4v) is 3.79. The number of amides is 1. The highest BCUT2D eigenvalue weighted by atomic mass is 16.5. The highest BCUT2D eigenvalue weighted by molar-refractivity contribution is 6.08. The van der Waals surface area contributed by atoms with Crippen molar-refractivity contribution in [2.45, 2.75) is 45.1 Å². The number of rotatable bonds is 5. The molecule has 6 heteroatoms. The number of carbonyl (C=O) groups is 2. The van der Waals surface area contributed by atoms with Gasteiger partial charge in [0.15, 0.2) is 5.78 Å². The van der Waals surface area contributed by atoms with Crippen LogP contribution >= 0.6 is 0 Å². The minimum atomic E-state index is -0.234. The Morgan fingerprint density at radius 3 is 2.78 bits per heavy atom. The highest BCUT2D eigenvalue weighted by Crippen LogP contribution is 2.27. The molecule has 1 amide bonds. The van der Waals surface area contributed by atoms with Crippen LogP contribution in [0.4, 0.5) is 5.69 Å². The number of nitrogens with one attached hydrogen (secondary N) is 2. The van der Waals surface area contributed by atoms with Gasteiger partial charge in [-0.2, -0.15) is 0 Å². The average Bonchev–Trinajstić information content (AvgIpc) is 3.30. The number of H-pyrrole nitrogens is 1. The minimum absolute atomic E-state index is 0.122. The van der Waals surface area contributed by atoms with Gasteiger partial charge in [0.2, 0.25) is 0 Å². The molecule has 4 rings (SSSR count). The van der Waals surface area contributed by atoms with Gasteiger partial charge < -0.3 is 19.8 Å². The molecule has 1 aliphatic heterocycles. The molecule has 0 radical (unpaired) electrons. The quantitative estimate of drug-likeness (QED) is 0.844. The molecule has 0 unspecified atom stereocenters. The first-order valence-corrected chi connectivity index (χ1v) is 9.52. The molecule has 142 valence electrons. The molecule has 2 heterocycles. The molecule has 1 aromatic carbocycles. The van der Waals surface area contributed by atoms with Crippen LogP contribution in [0.3, 0.4) is 0 Å². The Bertz CT molecular complexity index is 848. The average molecular weight is 368 g/mol. The summed E-state index contributed by atoms with van der Waals surface area (Å²) in [6, 6.07) is 7.29. The summed E-state index contributed by atoms with van der Waals surface area (Å²) in [7, 11) is 0. The van der Waals surface area contributed by atoms with Crippen LogP contribution in [-0.4, -0.2) is 36.0 Å². The monoisotopic (exact) mass is 368 g/mol. The van der Waals surface area contributed by atoms with Crippen molar-refractivity contribution >= 4 is 17.4 Å². The lowest BCUT2D eigenvalue weighted by Crippen LogP contribution is -2.16. The van der Waals surface area contributed by atoms with Crippen LogP contribution in [-0.2, 0) is 11.2 Å². The normalized spacial score (nSPS) is 19.0. The third-order valence-corrected chi connectivity index (χ3v) is 5.24. The van der Waals surface area contributed by atoms with E-state index in [9.17, 15) is 9.59 Å². The lowest BCUT2D eigenvalue weighted by atomic mass is 9.94. The first-order valence-electron chi connectivity index (χ1n) is 9.52. The highest BCUT2D eigenvalue weighted by Gasteiger charge is 2.26. The van der Waals surface area contributed by atoms with Gasteiger partial charge in [-0.25, -0.2) is 0 Å². The van der Waals surface area contributed by atoms with E-state index in [2.05, 4.69) is 10.3 Å². The van der Waals surface area contributed by atoms with E-state index < -0.39 is 0 Å². The molecular formula is C21H24N2O4. The molecule has 1 aliphatic carbocycles. The predicted molar refractivity (Wildman–Crippen MR) is 102 cm³/mol. The van der Waals surface area contributed by atoms with Crippen molar-refractivity contribution in [3.63, 3.8) is 0 Å². The van der Waals surface area contributed by atoms with Gasteiger partial charge in [-0.05, 0) is 62.4 Å². The molecule has 1 fully saturated rings. The molecule has 1 aromatic heterocycles. The standard InChI is InChI=1S/C21H24N2O4/c1-13-19-17(5-2-6-18(19)24)23-20(13)21(25)22-14-7-9-15(10-8-14)27-12-16-4-3-11-26-16/h7-10,16,23H,2-6,11-12H2,1H3,(H,22,25)/t16-/m0/s1. The van der Waals surface area contributed by atoms with Crippen molar-refractivity contribution in [3.8, 4) is 5.75 Å². The van der Waals surface area contributed by atoms with Gasteiger partial charge in [0.25, 0.3) is 5.91 Å². The summed E-state index contributed by atoms with van der Waals surface area (Å²) in [5.74, 6) is 0.639. The first kappa shape index (κ1) is 17.8. The largest absolute Gasteiger partial charge is 0.491 e. The maximum absolute atomic E-state index is 12.6. The number of hydrogen-bond acceptors (Lipinski definition) is 4. The Kier molecular flexibility index (Phi) is 4.99. The van der Waals surface area contributed by atoms with Gasteiger partial charge >= 0.3 is 0 Å². The van der Waals surface area contributed by atoms with Crippen molar-refractivity contribution in [3.05, 3.63) is 46.8 Å². The van der Waals surface area contributed by atoms with Crippen molar-refractivity contribution in [1.29, 1.82) is 0 Å². The Balaban J connectivity index is 1.40. The third-order valence-electron chi connectivity index (χ3n) is 5.24. The number of aryl methyl sites for hydroxylation is 1. The lowest BCUT2D eigenvalue weighted by molar-refractivity contribution is 0.0679. The van der Waals surface area contributed by atoms with E-state index in [0.29, 0.717) is 30.0 Å². The summed E-state index contributed by atoms with van der Waals surface area (Å²) < 4.78 is 11.3. The molecular weight excluding hydrogens is 344 g/mol. The molecule has 1 saturated heterocycles. The number of Topliss-reactive ketones (excluding diaryl/α,β-unsaturated/α-hetero) is 1. The fraction of sp³-hybridized carbons (Fsp3) is 0.429. The molecule has 2 aromatic rings. The van der Waals surface area contributed by atoms with Gasteiger partial charge in [0.1, 0.15) is 18.1 Å². The molecule has 1 atom stereocenters. The van der Waals surface area contributed by atoms with Crippen LogP contribution in [0.15, 0.2) is 24.3 Å². The lowest BCUT2D eigenvalue weighted by Gasteiger charge is -2.12. The van der Waals surface area contributed by atoms with E-state index in [0.717, 1.165) is 49.3 Å². The van der Waals surface area contributed by atoms with Crippen LogP contribution in [0.1, 0.15) is 57.8 Å². The second-order valence-electron chi connectivity index (χ2n) is 7.18. The minimum Gasteiger partial charge on any atom is -0.491 e. The van der Waals surface area contributed by atoms with Crippen molar-refractivity contribution in [1.82, 2.24) is 4.98 Å². The van der Waals surface area contributed by atoms with Crippen LogP contribution in [0, 0.1) is 6.92 Å².